The van der Waals surface area contributed by atoms with Gasteiger partial charge >= 0.3 is 0 Å². The maximum absolute atomic E-state index is 12.7. The summed E-state index contributed by atoms with van der Waals surface area (Å²) in [5.74, 6) is 1.28. The van der Waals surface area contributed by atoms with Crippen LogP contribution in [0.5, 0.6) is 0 Å². The molecule has 1 aliphatic rings. The third-order valence-electron chi connectivity index (χ3n) is 4.96. The van der Waals surface area contributed by atoms with E-state index in [1.54, 1.807) is 17.9 Å². The minimum absolute atomic E-state index is 0.0114. The zero-order chi connectivity index (χ0) is 20.3. The van der Waals surface area contributed by atoms with Crippen LogP contribution in [0.3, 0.4) is 0 Å². The summed E-state index contributed by atoms with van der Waals surface area (Å²) in [6.45, 7) is 9.03. The van der Waals surface area contributed by atoms with E-state index in [1.165, 1.54) is 0 Å². The quantitative estimate of drug-likeness (QED) is 0.757. The number of rotatable bonds is 6. The van der Waals surface area contributed by atoms with Crippen molar-refractivity contribution in [1.82, 2.24) is 24.9 Å². The third-order valence-corrected chi connectivity index (χ3v) is 4.96. The van der Waals surface area contributed by atoms with Crippen LogP contribution in [0.2, 0.25) is 0 Å². The molecule has 1 saturated heterocycles. The second-order valence-corrected chi connectivity index (χ2v) is 7.52. The normalized spacial score (nSPS) is 16.6. The Morgan fingerprint density at radius 1 is 1.32 bits per heavy atom. The van der Waals surface area contributed by atoms with Crippen molar-refractivity contribution in [2.24, 2.45) is 0 Å². The SMILES string of the molecule is CC(=O)N(CCc1noc(C(C)C)n1)C1CCN(C(=O)c2cccc(C)n2)C1. The van der Waals surface area contributed by atoms with Gasteiger partial charge in [-0.1, -0.05) is 25.1 Å². The van der Waals surface area contributed by atoms with Gasteiger partial charge in [-0.05, 0) is 25.5 Å². The van der Waals surface area contributed by atoms with E-state index in [-0.39, 0.29) is 23.8 Å². The van der Waals surface area contributed by atoms with Crippen molar-refractivity contribution < 1.29 is 14.1 Å². The number of carbonyl (C=O) groups is 2. The summed E-state index contributed by atoms with van der Waals surface area (Å²) in [7, 11) is 0. The second-order valence-electron chi connectivity index (χ2n) is 7.52. The van der Waals surface area contributed by atoms with Gasteiger partial charge in [0, 0.05) is 44.6 Å². The minimum atomic E-state index is -0.0885. The molecule has 1 atom stereocenters. The molecule has 2 aromatic heterocycles. The van der Waals surface area contributed by atoms with E-state index in [9.17, 15) is 9.59 Å². The molecule has 3 rings (SSSR count). The van der Waals surface area contributed by atoms with Crippen molar-refractivity contribution in [2.45, 2.75) is 52.5 Å². The highest BCUT2D eigenvalue weighted by molar-refractivity contribution is 5.92. The van der Waals surface area contributed by atoms with Crippen LogP contribution in [0.15, 0.2) is 22.7 Å². The molecule has 150 valence electrons. The van der Waals surface area contributed by atoms with Crippen molar-refractivity contribution in [1.29, 1.82) is 0 Å². The fraction of sp³-hybridized carbons (Fsp3) is 0.550. The zero-order valence-corrected chi connectivity index (χ0v) is 16.9. The van der Waals surface area contributed by atoms with Gasteiger partial charge in [-0.25, -0.2) is 4.98 Å². The number of nitrogens with zero attached hydrogens (tertiary/aromatic N) is 5. The Balaban J connectivity index is 1.61. The summed E-state index contributed by atoms with van der Waals surface area (Å²) in [4.78, 5) is 37.2. The summed E-state index contributed by atoms with van der Waals surface area (Å²) in [6.07, 6.45) is 1.28. The molecule has 0 saturated carbocycles. The molecule has 2 amide bonds. The lowest BCUT2D eigenvalue weighted by molar-refractivity contribution is -0.130. The summed E-state index contributed by atoms with van der Waals surface area (Å²) in [6, 6.07) is 5.42. The van der Waals surface area contributed by atoms with E-state index < -0.39 is 0 Å². The lowest BCUT2D eigenvalue weighted by Crippen LogP contribution is -2.42. The molecule has 0 aromatic carbocycles. The van der Waals surface area contributed by atoms with E-state index in [0.717, 1.165) is 12.1 Å². The first-order chi connectivity index (χ1) is 13.3. The topological polar surface area (TPSA) is 92.4 Å². The molecule has 1 aliphatic heterocycles. The molecule has 2 aromatic rings. The number of aromatic nitrogens is 3. The minimum Gasteiger partial charge on any atom is -0.339 e. The van der Waals surface area contributed by atoms with Gasteiger partial charge in [-0.2, -0.15) is 4.98 Å². The Hall–Kier alpha value is -2.77. The molecule has 0 radical (unpaired) electrons. The second kappa shape index (κ2) is 8.50. The van der Waals surface area contributed by atoms with Gasteiger partial charge in [0.05, 0.1) is 6.04 Å². The van der Waals surface area contributed by atoms with Crippen molar-refractivity contribution in [2.75, 3.05) is 19.6 Å². The van der Waals surface area contributed by atoms with E-state index in [1.807, 2.05) is 37.8 Å². The number of hydrogen-bond acceptors (Lipinski definition) is 6. The van der Waals surface area contributed by atoms with Gasteiger partial charge in [0.2, 0.25) is 11.8 Å². The van der Waals surface area contributed by atoms with Crippen molar-refractivity contribution in [3.05, 3.63) is 41.3 Å². The monoisotopic (exact) mass is 385 g/mol. The Labute approximate surface area is 164 Å². The number of carbonyl (C=O) groups excluding carboxylic acids is 2. The molecule has 8 nitrogen and oxygen atoms in total. The first-order valence-electron chi connectivity index (χ1n) is 9.67. The molecule has 3 heterocycles. The summed E-state index contributed by atoms with van der Waals surface area (Å²) >= 11 is 0. The maximum Gasteiger partial charge on any atom is 0.272 e. The third kappa shape index (κ3) is 4.55. The predicted octanol–water partition coefficient (Wildman–Crippen LogP) is 2.20. The van der Waals surface area contributed by atoms with Crippen LogP contribution in [0.4, 0.5) is 0 Å². The van der Waals surface area contributed by atoms with Gasteiger partial charge < -0.3 is 14.3 Å². The fourth-order valence-corrected chi connectivity index (χ4v) is 3.43. The molecule has 0 aliphatic carbocycles. The highest BCUT2D eigenvalue weighted by Gasteiger charge is 2.32. The molecular weight excluding hydrogens is 358 g/mol. The molecule has 0 spiro atoms. The summed E-state index contributed by atoms with van der Waals surface area (Å²) in [5, 5.41) is 3.99. The molecule has 0 N–H and O–H groups in total. The average molecular weight is 385 g/mol. The van der Waals surface area contributed by atoms with Gasteiger partial charge in [0.25, 0.3) is 5.91 Å². The van der Waals surface area contributed by atoms with Crippen LogP contribution in [-0.4, -0.2) is 62.4 Å². The van der Waals surface area contributed by atoms with Crippen molar-refractivity contribution in [3.8, 4) is 0 Å². The number of aryl methyl sites for hydroxylation is 1. The van der Waals surface area contributed by atoms with Gasteiger partial charge in [0.15, 0.2) is 5.82 Å². The van der Waals surface area contributed by atoms with Crippen LogP contribution in [0.25, 0.3) is 0 Å². The van der Waals surface area contributed by atoms with Gasteiger partial charge in [0.1, 0.15) is 5.69 Å². The highest BCUT2D eigenvalue weighted by Crippen LogP contribution is 2.19. The van der Waals surface area contributed by atoms with E-state index in [0.29, 0.717) is 43.5 Å². The number of likely N-dealkylation sites (tertiary alicyclic amines) is 1. The first-order valence-corrected chi connectivity index (χ1v) is 9.67. The highest BCUT2D eigenvalue weighted by atomic mass is 16.5. The van der Waals surface area contributed by atoms with Gasteiger partial charge in [-0.3, -0.25) is 9.59 Å². The van der Waals surface area contributed by atoms with Crippen molar-refractivity contribution in [3.63, 3.8) is 0 Å². The van der Waals surface area contributed by atoms with Crippen LogP contribution < -0.4 is 0 Å². The smallest absolute Gasteiger partial charge is 0.272 e. The molecule has 1 unspecified atom stereocenters. The molecule has 1 fully saturated rings. The Morgan fingerprint density at radius 2 is 2.11 bits per heavy atom. The molecule has 8 heteroatoms. The molecule has 0 bridgehead atoms. The number of amides is 2. The number of pyridine rings is 1. The van der Waals surface area contributed by atoms with E-state index >= 15 is 0 Å². The Morgan fingerprint density at radius 3 is 2.75 bits per heavy atom. The van der Waals surface area contributed by atoms with Crippen molar-refractivity contribution >= 4 is 11.8 Å². The largest absolute Gasteiger partial charge is 0.339 e. The molecule has 28 heavy (non-hydrogen) atoms. The first kappa shape index (κ1) is 20.0. The van der Waals surface area contributed by atoms with Gasteiger partial charge in [-0.15, -0.1) is 0 Å². The van der Waals surface area contributed by atoms with Crippen LogP contribution in [0, 0.1) is 6.92 Å². The summed E-state index contributed by atoms with van der Waals surface area (Å²) in [5.41, 5.74) is 1.26. The molecular formula is C20H27N5O3. The Kier molecular flexibility index (Phi) is 6.06. The van der Waals surface area contributed by atoms with Crippen LogP contribution in [-0.2, 0) is 11.2 Å². The predicted molar refractivity (Wildman–Crippen MR) is 103 cm³/mol. The average Bonchev–Trinajstić information content (AvgIpc) is 3.31. The van der Waals surface area contributed by atoms with E-state index in [4.69, 9.17) is 4.52 Å². The lowest BCUT2D eigenvalue weighted by atomic mass is 10.2. The zero-order valence-electron chi connectivity index (χ0n) is 16.9. The van der Waals surface area contributed by atoms with E-state index in [2.05, 4.69) is 15.1 Å². The summed E-state index contributed by atoms with van der Waals surface area (Å²) < 4.78 is 5.23. The maximum atomic E-state index is 12.7. The standard InChI is InChI=1S/C20H27N5O3/c1-13(2)19-22-18(23-28-19)9-11-25(15(4)26)16-8-10-24(12-16)20(27)17-7-5-6-14(3)21-17/h5-7,13,16H,8-12H2,1-4H3. The number of hydrogen-bond donors (Lipinski definition) is 0. The van der Waals surface area contributed by atoms with Crippen LogP contribution in [0.1, 0.15) is 61.0 Å². The van der Waals surface area contributed by atoms with Crippen LogP contribution >= 0.6 is 0 Å². The lowest BCUT2D eigenvalue weighted by Gasteiger charge is -2.27. The Bertz CT molecular complexity index is 848. The fourth-order valence-electron chi connectivity index (χ4n) is 3.43.